The van der Waals surface area contributed by atoms with E-state index in [-0.39, 0.29) is 11.7 Å². The number of benzene rings is 3. The van der Waals surface area contributed by atoms with Gasteiger partial charge in [0.15, 0.2) is 5.78 Å². The van der Waals surface area contributed by atoms with Crippen LogP contribution >= 0.6 is 0 Å². The van der Waals surface area contributed by atoms with Gasteiger partial charge in [-0.2, -0.15) is 0 Å². The molecule has 0 bridgehead atoms. The second kappa shape index (κ2) is 7.53. The molecule has 138 valence electrons. The van der Waals surface area contributed by atoms with Gasteiger partial charge in [-0.05, 0) is 24.6 Å². The van der Waals surface area contributed by atoms with Crippen LogP contribution in [0, 0.1) is 6.92 Å². The van der Waals surface area contributed by atoms with Crippen LogP contribution in [-0.2, 0) is 4.79 Å². The van der Waals surface area contributed by atoms with Crippen molar-refractivity contribution in [2.75, 3.05) is 5.32 Å². The molecule has 4 heteroatoms. The van der Waals surface area contributed by atoms with E-state index in [0.29, 0.717) is 16.8 Å². The summed E-state index contributed by atoms with van der Waals surface area (Å²) in [6, 6.07) is 25.8. The van der Waals surface area contributed by atoms with Crippen LogP contribution in [0.4, 0.5) is 5.69 Å². The smallest absolute Gasteiger partial charge is 0.268 e. The van der Waals surface area contributed by atoms with Crippen LogP contribution in [0.3, 0.4) is 0 Å². The number of Topliss-reactive ketones (excluding diaryl/α,β-unsaturated/α-hetero) is 1. The molecular weight excluding hydrogens is 348 g/mol. The molecule has 1 heterocycles. The number of rotatable bonds is 5. The van der Waals surface area contributed by atoms with Crippen LogP contribution in [0.1, 0.15) is 27.5 Å². The van der Waals surface area contributed by atoms with Crippen LogP contribution in [0.5, 0.6) is 0 Å². The average molecular weight is 368 g/mol. The molecule has 0 fully saturated rings. The maximum absolute atomic E-state index is 13.4. The minimum atomic E-state index is -0.494. The molecule has 4 rings (SSSR count). The van der Waals surface area contributed by atoms with E-state index < -0.39 is 6.04 Å². The lowest BCUT2D eigenvalue weighted by Gasteiger charge is -2.15. The van der Waals surface area contributed by atoms with Gasteiger partial charge in [0.1, 0.15) is 5.70 Å². The van der Waals surface area contributed by atoms with E-state index in [0.717, 1.165) is 16.8 Å². The highest BCUT2D eigenvalue weighted by molar-refractivity contribution is 6.17. The predicted molar refractivity (Wildman–Crippen MR) is 110 cm³/mol. The minimum absolute atomic E-state index is 0.164. The molecule has 4 nitrogen and oxygen atoms in total. The second-order valence-electron chi connectivity index (χ2n) is 6.79. The third kappa shape index (κ3) is 3.45. The minimum Gasteiger partial charge on any atom is -0.351 e. The molecule has 1 atom stereocenters. The molecule has 0 aliphatic carbocycles. The fraction of sp³-hybridized carbons (Fsp3) is 0.0833. The van der Waals surface area contributed by atoms with Crippen LogP contribution in [0.25, 0.3) is 0 Å². The van der Waals surface area contributed by atoms with Crippen LogP contribution in [-0.4, -0.2) is 11.7 Å². The van der Waals surface area contributed by atoms with Gasteiger partial charge in [-0.25, -0.2) is 0 Å². The molecule has 1 unspecified atom stereocenters. The van der Waals surface area contributed by atoms with Gasteiger partial charge in [0.05, 0.1) is 11.6 Å². The van der Waals surface area contributed by atoms with Crippen LogP contribution in [0.2, 0.25) is 0 Å². The van der Waals surface area contributed by atoms with E-state index in [4.69, 9.17) is 0 Å². The van der Waals surface area contributed by atoms with Crippen molar-refractivity contribution in [1.82, 2.24) is 5.32 Å². The molecule has 0 radical (unpaired) electrons. The summed E-state index contributed by atoms with van der Waals surface area (Å²) in [6.07, 6.45) is 0. The Balaban J connectivity index is 1.82. The van der Waals surface area contributed by atoms with Crippen molar-refractivity contribution < 1.29 is 9.59 Å². The van der Waals surface area contributed by atoms with Gasteiger partial charge in [-0.1, -0.05) is 78.4 Å². The third-order valence-electron chi connectivity index (χ3n) is 4.79. The maximum Gasteiger partial charge on any atom is 0.268 e. The molecule has 3 aromatic rings. The van der Waals surface area contributed by atoms with Gasteiger partial charge in [-0.3, -0.25) is 9.59 Å². The number of amides is 1. The van der Waals surface area contributed by atoms with Gasteiger partial charge >= 0.3 is 0 Å². The Morgan fingerprint density at radius 3 is 2.11 bits per heavy atom. The van der Waals surface area contributed by atoms with Gasteiger partial charge in [0, 0.05) is 11.3 Å². The summed E-state index contributed by atoms with van der Waals surface area (Å²) in [5, 5.41) is 6.11. The fourth-order valence-corrected chi connectivity index (χ4v) is 3.33. The first-order valence-corrected chi connectivity index (χ1v) is 9.17. The standard InChI is InChI=1S/C24H20N2O2/c1-16-12-14-17(15-13-16)21-20(23(27)18-8-4-2-5-9-18)22(24(28)26-21)25-19-10-6-3-7-11-19/h2-15,21,25H,1H3,(H,26,28). The van der Waals surface area contributed by atoms with E-state index in [1.54, 1.807) is 12.1 Å². The fourth-order valence-electron chi connectivity index (χ4n) is 3.33. The summed E-state index contributed by atoms with van der Waals surface area (Å²) < 4.78 is 0. The first kappa shape index (κ1) is 17.7. The summed E-state index contributed by atoms with van der Waals surface area (Å²) in [6.45, 7) is 2.01. The summed E-state index contributed by atoms with van der Waals surface area (Å²) in [4.78, 5) is 26.1. The van der Waals surface area contributed by atoms with Gasteiger partial charge in [-0.15, -0.1) is 0 Å². The second-order valence-corrected chi connectivity index (χ2v) is 6.79. The van der Waals surface area contributed by atoms with Crippen molar-refractivity contribution in [3.63, 3.8) is 0 Å². The van der Waals surface area contributed by atoms with Gasteiger partial charge in [0.25, 0.3) is 5.91 Å². The molecule has 3 aromatic carbocycles. The molecule has 2 N–H and O–H groups in total. The normalized spacial score (nSPS) is 16.0. The average Bonchev–Trinajstić information content (AvgIpc) is 3.05. The zero-order chi connectivity index (χ0) is 19.5. The van der Waals surface area contributed by atoms with Gasteiger partial charge in [0.2, 0.25) is 0 Å². The lowest BCUT2D eigenvalue weighted by molar-refractivity contribution is -0.117. The number of para-hydroxylation sites is 1. The van der Waals surface area contributed by atoms with Crippen LogP contribution < -0.4 is 10.6 Å². The highest BCUT2D eigenvalue weighted by Gasteiger charge is 2.37. The SMILES string of the molecule is Cc1ccc(C2NC(=O)C(Nc3ccccc3)=C2C(=O)c2ccccc2)cc1. The number of anilines is 1. The number of hydrogen-bond donors (Lipinski definition) is 2. The number of aryl methyl sites for hydroxylation is 1. The van der Waals surface area contributed by atoms with Crippen LogP contribution in [0.15, 0.2) is 96.2 Å². The quantitative estimate of drug-likeness (QED) is 0.656. The molecule has 0 saturated heterocycles. The third-order valence-corrected chi connectivity index (χ3v) is 4.79. The Labute approximate surface area is 163 Å². The number of carbonyl (C=O) groups excluding carboxylic acids is 2. The van der Waals surface area contributed by atoms with Crippen molar-refractivity contribution >= 4 is 17.4 Å². The predicted octanol–water partition coefficient (Wildman–Crippen LogP) is 4.42. The summed E-state index contributed by atoms with van der Waals surface area (Å²) >= 11 is 0. The van der Waals surface area contributed by atoms with Crippen molar-refractivity contribution in [3.8, 4) is 0 Å². The lowest BCUT2D eigenvalue weighted by Crippen LogP contribution is -2.24. The Morgan fingerprint density at radius 2 is 1.46 bits per heavy atom. The Kier molecular flexibility index (Phi) is 4.77. The van der Waals surface area contributed by atoms with Crippen molar-refractivity contribution in [2.24, 2.45) is 0 Å². The molecular formula is C24H20N2O2. The van der Waals surface area contributed by atoms with Crippen molar-refractivity contribution in [2.45, 2.75) is 13.0 Å². The Hall–Kier alpha value is -3.66. The summed E-state index contributed by atoms with van der Waals surface area (Å²) in [5.41, 5.74) is 4.04. The first-order chi connectivity index (χ1) is 13.6. The maximum atomic E-state index is 13.4. The molecule has 0 saturated carbocycles. The van der Waals surface area contributed by atoms with E-state index in [1.807, 2.05) is 79.7 Å². The van der Waals surface area contributed by atoms with E-state index in [9.17, 15) is 9.59 Å². The summed E-state index contributed by atoms with van der Waals surface area (Å²) in [7, 11) is 0. The zero-order valence-corrected chi connectivity index (χ0v) is 15.5. The van der Waals surface area contributed by atoms with Gasteiger partial charge < -0.3 is 10.6 Å². The van der Waals surface area contributed by atoms with E-state index in [2.05, 4.69) is 10.6 Å². The molecule has 0 spiro atoms. The first-order valence-electron chi connectivity index (χ1n) is 9.17. The van der Waals surface area contributed by atoms with E-state index >= 15 is 0 Å². The monoisotopic (exact) mass is 368 g/mol. The Morgan fingerprint density at radius 1 is 0.857 bits per heavy atom. The largest absolute Gasteiger partial charge is 0.351 e. The topological polar surface area (TPSA) is 58.2 Å². The number of nitrogens with one attached hydrogen (secondary N) is 2. The Bertz CT molecular complexity index is 1040. The molecule has 1 amide bonds. The van der Waals surface area contributed by atoms with Crippen molar-refractivity contribution in [3.05, 3.63) is 113 Å². The lowest BCUT2D eigenvalue weighted by atomic mass is 9.92. The van der Waals surface area contributed by atoms with E-state index in [1.165, 1.54) is 0 Å². The highest BCUT2D eigenvalue weighted by atomic mass is 16.2. The van der Waals surface area contributed by atoms with Crippen molar-refractivity contribution in [1.29, 1.82) is 0 Å². The summed E-state index contributed by atoms with van der Waals surface area (Å²) in [5.74, 6) is -0.448. The number of carbonyl (C=O) groups is 2. The molecule has 0 aromatic heterocycles. The number of ketones is 1. The molecule has 1 aliphatic heterocycles. The highest BCUT2D eigenvalue weighted by Crippen LogP contribution is 2.33. The zero-order valence-electron chi connectivity index (χ0n) is 15.5. The number of hydrogen-bond acceptors (Lipinski definition) is 3. The molecule has 28 heavy (non-hydrogen) atoms. The molecule has 1 aliphatic rings.